The van der Waals surface area contributed by atoms with Crippen LogP contribution in [0, 0.1) is 6.92 Å². The van der Waals surface area contributed by atoms with Gasteiger partial charge in [-0.15, -0.1) is 0 Å². The molecule has 4 aromatic rings. The van der Waals surface area contributed by atoms with E-state index in [1.807, 2.05) is 43.5 Å². The van der Waals surface area contributed by atoms with Crippen molar-refractivity contribution in [3.05, 3.63) is 88.7 Å². The second kappa shape index (κ2) is 8.17. The Morgan fingerprint density at radius 2 is 1.75 bits per heavy atom. The minimum Gasteiger partial charge on any atom is -0.377 e. The molecule has 0 bridgehead atoms. The first-order valence-electron chi connectivity index (χ1n) is 9.53. The Balaban J connectivity index is 1.94. The third-order valence-corrected chi connectivity index (χ3v) is 5.36. The number of hydrogen-bond acceptors (Lipinski definition) is 2. The van der Waals surface area contributed by atoms with Crippen LogP contribution in [0.15, 0.2) is 66.9 Å². The van der Waals surface area contributed by atoms with Gasteiger partial charge < -0.3 is 9.30 Å². The standard InChI is InChI=1S/C24H23ClN2O/c1-3-28-16-22-17(2)27(15-18-7-5-4-6-8-18)24-21(22)13-14-26-23(24)19-9-11-20(25)12-10-19/h4-14H,3,15-16H2,1-2H3. The fourth-order valence-corrected chi connectivity index (χ4v) is 3.79. The van der Waals surface area contributed by atoms with E-state index in [4.69, 9.17) is 21.3 Å². The fourth-order valence-electron chi connectivity index (χ4n) is 3.67. The third-order valence-electron chi connectivity index (χ3n) is 5.11. The number of pyridine rings is 1. The highest BCUT2D eigenvalue weighted by molar-refractivity contribution is 6.30. The van der Waals surface area contributed by atoms with Gasteiger partial charge in [0.05, 0.1) is 17.8 Å². The van der Waals surface area contributed by atoms with Crippen LogP contribution in [0.4, 0.5) is 0 Å². The van der Waals surface area contributed by atoms with Crippen molar-refractivity contribution in [2.45, 2.75) is 27.0 Å². The van der Waals surface area contributed by atoms with Gasteiger partial charge in [-0.25, -0.2) is 0 Å². The Kier molecular flexibility index (Phi) is 5.47. The lowest BCUT2D eigenvalue weighted by molar-refractivity contribution is 0.134. The molecule has 0 spiro atoms. The SMILES string of the molecule is CCOCc1c(C)n(Cc2ccccc2)c2c(-c3ccc(Cl)cc3)nccc12. The molecule has 0 aliphatic rings. The summed E-state index contributed by atoms with van der Waals surface area (Å²) in [6.07, 6.45) is 1.88. The van der Waals surface area contributed by atoms with Crippen LogP contribution in [-0.2, 0) is 17.9 Å². The predicted molar refractivity (Wildman–Crippen MR) is 116 cm³/mol. The Morgan fingerprint density at radius 1 is 1.00 bits per heavy atom. The molecular weight excluding hydrogens is 368 g/mol. The number of rotatable bonds is 6. The highest BCUT2D eigenvalue weighted by Crippen LogP contribution is 2.34. The number of hydrogen-bond donors (Lipinski definition) is 0. The maximum atomic E-state index is 6.10. The van der Waals surface area contributed by atoms with Gasteiger partial charge in [0, 0.05) is 46.6 Å². The number of nitrogens with zero attached hydrogens (tertiary/aromatic N) is 2. The lowest BCUT2D eigenvalue weighted by Crippen LogP contribution is -2.04. The first kappa shape index (κ1) is 18.7. The topological polar surface area (TPSA) is 27.1 Å². The summed E-state index contributed by atoms with van der Waals surface area (Å²) >= 11 is 6.10. The number of fused-ring (bicyclic) bond motifs is 1. The molecule has 4 rings (SSSR count). The smallest absolute Gasteiger partial charge is 0.0945 e. The molecule has 0 aliphatic heterocycles. The maximum Gasteiger partial charge on any atom is 0.0945 e. The summed E-state index contributed by atoms with van der Waals surface area (Å²) < 4.78 is 8.14. The summed E-state index contributed by atoms with van der Waals surface area (Å²) in [4.78, 5) is 4.74. The first-order chi connectivity index (χ1) is 13.7. The Labute approximate surface area is 170 Å². The molecule has 0 atom stereocenters. The molecule has 0 saturated heterocycles. The lowest BCUT2D eigenvalue weighted by Gasteiger charge is -2.12. The van der Waals surface area contributed by atoms with E-state index in [1.54, 1.807) is 0 Å². The van der Waals surface area contributed by atoms with Gasteiger partial charge in [0.1, 0.15) is 0 Å². The predicted octanol–water partition coefficient (Wildman–Crippen LogP) is 6.25. The summed E-state index contributed by atoms with van der Waals surface area (Å²) in [5.41, 5.74) is 6.87. The Bertz CT molecular complexity index is 1090. The molecule has 3 nitrogen and oxygen atoms in total. The molecular formula is C24H23ClN2O. The van der Waals surface area contributed by atoms with Crippen molar-refractivity contribution in [2.75, 3.05) is 6.61 Å². The Hall–Kier alpha value is -2.62. The van der Waals surface area contributed by atoms with Crippen molar-refractivity contribution in [2.24, 2.45) is 0 Å². The van der Waals surface area contributed by atoms with Gasteiger partial charge in [0.15, 0.2) is 0 Å². The summed E-state index contributed by atoms with van der Waals surface area (Å²) in [6, 6.07) is 20.5. The summed E-state index contributed by atoms with van der Waals surface area (Å²) in [5.74, 6) is 0. The van der Waals surface area contributed by atoms with E-state index in [-0.39, 0.29) is 0 Å². The molecule has 2 heterocycles. The highest BCUT2D eigenvalue weighted by atomic mass is 35.5. The molecule has 0 aliphatic carbocycles. The van der Waals surface area contributed by atoms with E-state index in [0.717, 1.165) is 28.3 Å². The molecule has 4 heteroatoms. The second-order valence-electron chi connectivity index (χ2n) is 6.84. The van der Waals surface area contributed by atoms with Gasteiger partial charge in [-0.3, -0.25) is 4.98 Å². The first-order valence-corrected chi connectivity index (χ1v) is 9.91. The van der Waals surface area contributed by atoms with Crippen LogP contribution >= 0.6 is 11.6 Å². The molecule has 0 radical (unpaired) electrons. The number of benzene rings is 2. The molecule has 0 unspecified atom stereocenters. The highest BCUT2D eigenvalue weighted by Gasteiger charge is 2.19. The minimum absolute atomic E-state index is 0.602. The van der Waals surface area contributed by atoms with Gasteiger partial charge in [-0.2, -0.15) is 0 Å². The van der Waals surface area contributed by atoms with Crippen molar-refractivity contribution >= 4 is 22.5 Å². The van der Waals surface area contributed by atoms with Gasteiger partial charge in [-0.1, -0.05) is 54.1 Å². The third kappa shape index (κ3) is 3.56. The number of aromatic nitrogens is 2. The fraction of sp³-hybridized carbons (Fsp3) is 0.208. The monoisotopic (exact) mass is 390 g/mol. The molecule has 2 aromatic heterocycles. The van der Waals surface area contributed by atoms with Crippen molar-refractivity contribution in [3.8, 4) is 11.3 Å². The minimum atomic E-state index is 0.602. The van der Waals surface area contributed by atoms with Crippen LogP contribution in [0.2, 0.25) is 5.02 Å². The van der Waals surface area contributed by atoms with Crippen LogP contribution in [0.3, 0.4) is 0 Å². The van der Waals surface area contributed by atoms with Gasteiger partial charge in [-0.05, 0) is 37.6 Å². The molecule has 0 fully saturated rings. The van der Waals surface area contributed by atoms with E-state index in [0.29, 0.717) is 13.2 Å². The number of halogens is 1. The molecule has 2 aromatic carbocycles. The lowest BCUT2D eigenvalue weighted by atomic mass is 10.1. The molecule has 0 amide bonds. The average Bonchev–Trinajstić information content (AvgIpc) is 2.99. The zero-order valence-corrected chi connectivity index (χ0v) is 16.9. The summed E-state index contributed by atoms with van der Waals surface area (Å²) in [5, 5.41) is 1.92. The van der Waals surface area contributed by atoms with Crippen molar-refractivity contribution in [1.29, 1.82) is 0 Å². The van der Waals surface area contributed by atoms with Crippen LogP contribution < -0.4 is 0 Å². The van der Waals surface area contributed by atoms with Gasteiger partial charge in [0.25, 0.3) is 0 Å². The second-order valence-corrected chi connectivity index (χ2v) is 7.27. The normalized spacial score (nSPS) is 11.2. The van der Waals surface area contributed by atoms with Crippen molar-refractivity contribution in [3.63, 3.8) is 0 Å². The van der Waals surface area contributed by atoms with E-state index in [9.17, 15) is 0 Å². The molecule has 0 N–H and O–H groups in total. The van der Waals surface area contributed by atoms with Crippen LogP contribution in [0.25, 0.3) is 22.2 Å². The van der Waals surface area contributed by atoms with E-state index in [1.165, 1.54) is 22.2 Å². The number of ether oxygens (including phenoxy) is 1. The molecule has 0 saturated carbocycles. The van der Waals surface area contributed by atoms with Crippen LogP contribution in [0.5, 0.6) is 0 Å². The summed E-state index contributed by atoms with van der Waals surface area (Å²) in [7, 11) is 0. The molecule has 142 valence electrons. The van der Waals surface area contributed by atoms with Crippen molar-refractivity contribution < 1.29 is 4.74 Å². The summed E-state index contributed by atoms with van der Waals surface area (Å²) in [6.45, 7) is 6.29. The maximum absolute atomic E-state index is 6.10. The molecule has 28 heavy (non-hydrogen) atoms. The zero-order chi connectivity index (χ0) is 19.5. The quantitative estimate of drug-likeness (QED) is 0.389. The van der Waals surface area contributed by atoms with Crippen LogP contribution in [0.1, 0.15) is 23.7 Å². The largest absolute Gasteiger partial charge is 0.377 e. The van der Waals surface area contributed by atoms with Crippen molar-refractivity contribution in [1.82, 2.24) is 9.55 Å². The Morgan fingerprint density at radius 3 is 2.46 bits per heavy atom. The van der Waals surface area contributed by atoms with Gasteiger partial charge >= 0.3 is 0 Å². The van der Waals surface area contributed by atoms with E-state index >= 15 is 0 Å². The van der Waals surface area contributed by atoms with E-state index in [2.05, 4.69) is 41.8 Å². The van der Waals surface area contributed by atoms with Crippen LogP contribution in [-0.4, -0.2) is 16.2 Å². The average molecular weight is 391 g/mol. The zero-order valence-electron chi connectivity index (χ0n) is 16.2. The van der Waals surface area contributed by atoms with E-state index < -0.39 is 0 Å². The van der Waals surface area contributed by atoms with Gasteiger partial charge in [0.2, 0.25) is 0 Å².